The molecule has 8 nitrogen and oxygen atoms in total. The Labute approximate surface area is 203 Å². The van der Waals surface area contributed by atoms with E-state index in [9.17, 15) is 9.59 Å². The summed E-state index contributed by atoms with van der Waals surface area (Å²) in [5, 5.41) is 0.826. The molecule has 1 aliphatic carbocycles. The van der Waals surface area contributed by atoms with Gasteiger partial charge >= 0.3 is 0 Å². The lowest BCUT2D eigenvalue weighted by Gasteiger charge is -2.24. The summed E-state index contributed by atoms with van der Waals surface area (Å²) in [5.41, 5.74) is 3.73. The number of rotatable bonds is 6. The van der Waals surface area contributed by atoms with Gasteiger partial charge in [0, 0.05) is 29.1 Å². The molecule has 0 spiro atoms. The summed E-state index contributed by atoms with van der Waals surface area (Å²) >= 11 is 1.63. The third-order valence-electron chi connectivity index (χ3n) is 6.75. The second-order valence-corrected chi connectivity index (χ2v) is 9.77. The lowest BCUT2D eigenvalue weighted by molar-refractivity contribution is -0.130. The molecule has 3 aliphatic rings. The minimum atomic E-state index is -0.156. The van der Waals surface area contributed by atoms with Crippen molar-refractivity contribution in [2.24, 2.45) is 4.99 Å². The number of fused-ring (bicyclic) bond motifs is 3. The topological polar surface area (TPSA) is 80.7 Å². The first-order valence-corrected chi connectivity index (χ1v) is 12.4. The molecule has 5 rings (SSSR count). The molecule has 0 unspecified atom stereocenters. The zero-order chi connectivity index (χ0) is 23.8. The third-order valence-corrected chi connectivity index (χ3v) is 8.06. The van der Waals surface area contributed by atoms with E-state index in [0.29, 0.717) is 17.2 Å². The largest absolute Gasteiger partial charge is 0.493 e. The number of aryl methyl sites for hydroxylation is 1. The van der Waals surface area contributed by atoms with Gasteiger partial charge in [-0.2, -0.15) is 0 Å². The van der Waals surface area contributed by atoms with E-state index in [1.165, 1.54) is 10.4 Å². The van der Waals surface area contributed by atoms with Crippen LogP contribution in [0.2, 0.25) is 0 Å². The first-order chi connectivity index (χ1) is 16.5. The van der Waals surface area contributed by atoms with Crippen LogP contribution in [0.25, 0.3) is 0 Å². The van der Waals surface area contributed by atoms with Crippen molar-refractivity contribution >= 4 is 33.9 Å². The Morgan fingerprint density at radius 1 is 1.03 bits per heavy atom. The van der Waals surface area contributed by atoms with Crippen LogP contribution < -0.4 is 19.1 Å². The highest BCUT2D eigenvalue weighted by Gasteiger charge is 2.35. The number of methoxy groups -OCH3 is 3. The first kappa shape index (κ1) is 22.7. The molecule has 2 amide bonds. The maximum Gasteiger partial charge on any atom is 0.249 e. The van der Waals surface area contributed by atoms with Crippen LogP contribution in [0.3, 0.4) is 0 Å². The summed E-state index contributed by atoms with van der Waals surface area (Å²) in [7, 11) is 4.73. The van der Waals surface area contributed by atoms with Gasteiger partial charge in [-0.3, -0.25) is 19.5 Å². The van der Waals surface area contributed by atoms with Crippen LogP contribution in [-0.4, -0.2) is 69.9 Å². The maximum absolute atomic E-state index is 13.3. The second kappa shape index (κ2) is 9.29. The van der Waals surface area contributed by atoms with E-state index >= 15 is 0 Å². The maximum atomic E-state index is 13.3. The van der Waals surface area contributed by atoms with E-state index < -0.39 is 0 Å². The molecule has 0 radical (unpaired) electrons. The monoisotopic (exact) mass is 483 g/mol. The van der Waals surface area contributed by atoms with Crippen LogP contribution in [-0.2, 0) is 22.4 Å². The Bertz CT molecular complexity index is 1140. The fraction of sp³-hybridized carbons (Fsp3) is 0.480. The lowest BCUT2D eigenvalue weighted by Crippen LogP contribution is -2.42. The number of aliphatic imine (C=N–C) groups is 1. The molecular weight excluding hydrogens is 454 g/mol. The zero-order valence-corrected chi connectivity index (χ0v) is 20.6. The summed E-state index contributed by atoms with van der Waals surface area (Å²) < 4.78 is 16.6. The van der Waals surface area contributed by atoms with Gasteiger partial charge in [0.05, 0.1) is 27.0 Å². The number of anilines is 1. The van der Waals surface area contributed by atoms with Gasteiger partial charge < -0.3 is 19.1 Å². The Kier molecular flexibility index (Phi) is 6.20. The number of carbonyl (C=O) groups is 2. The van der Waals surface area contributed by atoms with E-state index in [0.717, 1.165) is 67.0 Å². The van der Waals surface area contributed by atoms with E-state index in [-0.39, 0.29) is 24.9 Å². The molecule has 1 aromatic carbocycles. The van der Waals surface area contributed by atoms with Crippen molar-refractivity contribution in [1.82, 2.24) is 4.90 Å². The Morgan fingerprint density at radius 2 is 1.74 bits per heavy atom. The normalized spacial score (nSPS) is 17.3. The number of nitrogens with zero attached hydrogens (tertiary/aromatic N) is 3. The molecule has 1 fully saturated rings. The standard InChI is InChI=1S/C25H29N3O5S/c1-31-17-11-15(12-18(32-2)24(17)33-3)23-22-16-7-6-8-19(16)34-25(22)28(20(29)13-26-23)14-21(30)27-9-4-5-10-27/h11-12H,4-10,13-14H2,1-3H3. The van der Waals surface area contributed by atoms with Crippen molar-refractivity contribution in [3.05, 3.63) is 33.7 Å². The predicted octanol–water partition coefficient (Wildman–Crippen LogP) is 3.07. The van der Waals surface area contributed by atoms with Crippen LogP contribution >= 0.6 is 11.3 Å². The number of thiophene rings is 1. The second-order valence-electron chi connectivity index (χ2n) is 8.68. The van der Waals surface area contributed by atoms with Gasteiger partial charge in [-0.15, -0.1) is 11.3 Å². The van der Waals surface area contributed by atoms with Gasteiger partial charge in [-0.1, -0.05) is 0 Å². The molecule has 3 heterocycles. The van der Waals surface area contributed by atoms with Crippen molar-refractivity contribution in [2.45, 2.75) is 32.1 Å². The van der Waals surface area contributed by atoms with E-state index in [2.05, 4.69) is 0 Å². The average molecular weight is 484 g/mol. The summed E-state index contributed by atoms with van der Waals surface area (Å²) in [6.07, 6.45) is 5.04. The highest BCUT2D eigenvalue weighted by molar-refractivity contribution is 7.17. The number of ether oxygens (including phenoxy) is 3. The fourth-order valence-electron chi connectivity index (χ4n) is 5.06. The highest BCUT2D eigenvalue weighted by Crippen LogP contribution is 2.45. The van der Waals surface area contributed by atoms with Crippen molar-refractivity contribution in [1.29, 1.82) is 0 Å². The summed E-state index contributed by atoms with van der Waals surface area (Å²) in [5.74, 6) is 1.42. The van der Waals surface area contributed by atoms with E-state index in [1.807, 2.05) is 17.0 Å². The Hall–Kier alpha value is -3.07. The molecule has 34 heavy (non-hydrogen) atoms. The molecule has 2 aromatic rings. The van der Waals surface area contributed by atoms with E-state index in [4.69, 9.17) is 19.2 Å². The Morgan fingerprint density at radius 3 is 2.38 bits per heavy atom. The van der Waals surface area contributed by atoms with Gasteiger partial charge in [0.2, 0.25) is 17.6 Å². The molecule has 180 valence electrons. The molecule has 0 N–H and O–H groups in total. The van der Waals surface area contributed by atoms with Crippen molar-refractivity contribution in [3.63, 3.8) is 0 Å². The SMILES string of the molecule is COc1cc(C2=NCC(=O)N(CC(=O)N3CCCC3)c3sc4c(c32)CCC4)cc(OC)c1OC. The summed E-state index contributed by atoms with van der Waals surface area (Å²) in [6, 6.07) is 3.75. The minimum absolute atomic E-state index is 0.00148. The van der Waals surface area contributed by atoms with Gasteiger partial charge in [-0.25, -0.2) is 0 Å². The highest BCUT2D eigenvalue weighted by atomic mass is 32.1. The van der Waals surface area contributed by atoms with Gasteiger partial charge in [-0.05, 0) is 49.8 Å². The molecule has 0 bridgehead atoms. The third kappa shape index (κ3) is 3.81. The molecule has 0 atom stereocenters. The van der Waals surface area contributed by atoms with Crippen molar-refractivity contribution in [2.75, 3.05) is 52.4 Å². The fourth-order valence-corrected chi connectivity index (χ4v) is 6.47. The number of benzene rings is 1. The quantitative estimate of drug-likeness (QED) is 0.631. The molecule has 1 saturated heterocycles. The van der Waals surface area contributed by atoms with Crippen LogP contribution in [0.1, 0.15) is 40.8 Å². The van der Waals surface area contributed by atoms with Crippen molar-refractivity contribution < 1.29 is 23.8 Å². The average Bonchev–Trinajstić information content (AvgIpc) is 3.59. The number of hydrogen-bond acceptors (Lipinski definition) is 7. The molecule has 2 aliphatic heterocycles. The Balaban J connectivity index is 1.61. The first-order valence-electron chi connectivity index (χ1n) is 11.6. The number of amides is 2. The van der Waals surface area contributed by atoms with E-state index in [1.54, 1.807) is 37.6 Å². The molecule has 9 heteroatoms. The van der Waals surface area contributed by atoms with Crippen LogP contribution in [0.5, 0.6) is 17.2 Å². The number of likely N-dealkylation sites (tertiary alicyclic amines) is 1. The van der Waals surface area contributed by atoms with Crippen LogP contribution in [0.4, 0.5) is 5.00 Å². The van der Waals surface area contributed by atoms with Gasteiger partial charge in [0.1, 0.15) is 18.1 Å². The summed E-state index contributed by atoms with van der Waals surface area (Å²) in [4.78, 5) is 35.8. The molecular formula is C25H29N3O5S. The molecule has 0 saturated carbocycles. The van der Waals surface area contributed by atoms with Crippen LogP contribution in [0, 0.1) is 0 Å². The lowest BCUT2D eigenvalue weighted by atomic mass is 9.98. The van der Waals surface area contributed by atoms with Crippen molar-refractivity contribution in [3.8, 4) is 17.2 Å². The van der Waals surface area contributed by atoms with Gasteiger partial charge in [0.25, 0.3) is 0 Å². The summed E-state index contributed by atoms with van der Waals surface area (Å²) in [6.45, 7) is 1.57. The number of carbonyl (C=O) groups excluding carboxylic acids is 2. The predicted molar refractivity (Wildman–Crippen MR) is 131 cm³/mol. The zero-order valence-electron chi connectivity index (χ0n) is 19.8. The van der Waals surface area contributed by atoms with Gasteiger partial charge in [0.15, 0.2) is 11.5 Å². The smallest absolute Gasteiger partial charge is 0.249 e. The van der Waals surface area contributed by atoms with Crippen LogP contribution in [0.15, 0.2) is 17.1 Å². The molecule has 1 aromatic heterocycles. The number of hydrogen-bond donors (Lipinski definition) is 0. The minimum Gasteiger partial charge on any atom is -0.493 e.